The smallest absolute Gasteiger partial charge is 0.282 e. The van der Waals surface area contributed by atoms with Crippen LogP contribution in [0.15, 0.2) is 67.0 Å². The van der Waals surface area contributed by atoms with Crippen LogP contribution in [-0.2, 0) is 12.0 Å². The van der Waals surface area contributed by atoms with Crippen LogP contribution in [0.2, 0.25) is 0 Å². The highest BCUT2D eigenvalue weighted by Gasteiger charge is 2.47. The van der Waals surface area contributed by atoms with Gasteiger partial charge in [0.15, 0.2) is 0 Å². The van der Waals surface area contributed by atoms with Gasteiger partial charge in [-0.05, 0) is 37.3 Å². The van der Waals surface area contributed by atoms with Gasteiger partial charge in [0.1, 0.15) is 0 Å². The van der Waals surface area contributed by atoms with Crippen LogP contribution < -0.4 is 5.32 Å². The van der Waals surface area contributed by atoms with E-state index in [1.54, 1.807) is 0 Å². The molecule has 0 atom stereocenters. The number of hydrogen-bond donors (Lipinski definition) is 1. The third-order valence-corrected chi connectivity index (χ3v) is 6.30. The normalized spacial score (nSPS) is 20.0. The highest BCUT2D eigenvalue weighted by Crippen LogP contribution is 2.45. The molecule has 2 aliphatic rings. The summed E-state index contributed by atoms with van der Waals surface area (Å²) in [5.74, 6) is -2.08. The van der Waals surface area contributed by atoms with Gasteiger partial charge in [-0.1, -0.05) is 92.9 Å². The third kappa shape index (κ3) is 5.21. The van der Waals surface area contributed by atoms with E-state index in [9.17, 15) is 8.78 Å². The minimum Gasteiger partial charge on any atom is -0.366 e. The first-order chi connectivity index (χ1) is 14.4. The number of aryl methyl sites for hydroxylation is 2. The molecule has 2 fully saturated rings. The van der Waals surface area contributed by atoms with Crippen LogP contribution in [0.3, 0.4) is 0 Å². The molecule has 0 amide bonds. The number of hydrogen-bond acceptors (Lipinski definition) is 2. The molecule has 1 saturated carbocycles. The van der Waals surface area contributed by atoms with Crippen molar-refractivity contribution in [1.82, 2.24) is 10.2 Å². The van der Waals surface area contributed by atoms with E-state index in [-0.39, 0.29) is 18.6 Å². The number of benzene rings is 2. The summed E-state index contributed by atoms with van der Waals surface area (Å²) in [4.78, 5) is 1.83. The Labute approximate surface area is 180 Å². The van der Waals surface area contributed by atoms with Crippen molar-refractivity contribution in [1.29, 1.82) is 0 Å². The molecular formula is C26H34F2N2. The number of alkyl halides is 2. The summed E-state index contributed by atoms with van der Waals surface area (Å²) >= 11 is 0. The molecule has 0 bridgehead atoms. The first kappa shape index (κ1) is 22.3. The summed E-state index contributed by atoms with van der Waals surface area (Å²) in [5.41, 5.74) is 3.39. The lowest BCUT2D eigenvalue weighted by atomic mass is 9.74. The van der Waals surface area contributed by atoms with Gasteiger partial charge in [0, 0.05) is 0 Å². The molecular weight excluding hydrogens is 378 g/mol. The molecule has 1 N–H and O–H groups in total. The fourth-order valence-corrected chi connectivity index (χ4v) is 4.55. The topological polar surface area (TPSA) is 15.3 Å². The van der Waals surface area contributed by atoms with E-state index in [2.05, 4.69) is 67.4 Å². The van der Waals surface area contributed by atoms with Crippen LogP contribution in [0.5, 0.6) is 0 Å². The molecule has 0 aromatic heterocycles. The van der Waals surface area contributed by atoms with E-state index in [4.69, 9.17) is 0 Å². The molecule has 0 radical (unpaired) electrons. The average molecular weight is 413 g/mol. The van der Waals surface area contributed by atoms with E-state index in [1.807, 2.05) is 17.9 Å². The molecule has 1 heterocycles. The maximum atomic E-state index is 14.0. The zero-order valence-electron chi connectivity index (χ0n) is 18.3. The fourth-order valence-electron chi connectivity index (χ4n) is 4.55. The number of halogens is 2. The molecule has 0 spiro atoms. The minimum absolute atomic E-state index is 0.243. The average Bonchev–Trinajstić information content (AvgIpc) is 2.77. The van der Waals surface area contributed by atoms with Crippen LogP contribution in [0.1, 0.15) is 55.7 Å². The van der Waals surface area contributed by atoms with Crippen molar-refractivity contribution in [3.8, 4) is 0 Å². The maximum absolute atomic E-state index is 14.0. The second-order valence-corrected chi connectivity index (χ2v) is 8.54. The lowest BCUT2D eigenvalue weighted by Gasteiger charge is -2.52. The van der Waals surface area contributed by atoms with E-state index in [0.717, 1.165) is 37.7 Å². The Morgan fingerprint density at radius 3 is 2.17 bits per heavy atom. The van der Waals surface area contributed by atoms with Gasteiger partial charge in [0.2, 0.25) is 0 Å². The second-order valence-electron chi connectivity index (χ2n) is 8.54. The quantitative estimate of drug-likeness (QED) is 0.626. The Morgan fingerprint density at radius 2 is 1.60 bits per heavy atom. The molecule has 162 valence electrons. The highest BCUT2D eigenvalue weighted by molar-refractivity contribution is 5.31. The first-order valence-electron chi connectivity index (χ1n) is 11.1. The number of nitrogens with zero attached hydrogens (tertiary/aromatic N) is 1. The zero-order valence-corrected chi connectivity index (χ0v) is 18.3. The van der Waals surface area contributed by atoms with Gasteiger partial charge in [0.25, 0.3) is 5.92 Å². The lowest BCUT2D eigenvalue weighted by Crippen LogP contribution is -2.59. The predicted molar refractivity (Wildman–Crippen MR) is 121 cm³/mol. The van der Waals surface area contributed by atoms with Crippen molar-refractivity contribution in [2.24, 2.45) is 0 Å². The Hall–Kier alpha value is -2.36. The highest BCUT2D eigenvalue weighted by atomic mass is 19.3. The van der Waals surface area contributed by atoms with Crippen molar-refractivity contribution in [2.45, 2.75) is 63.8 Å². The van der Waals surface area contributed by atoms with Crippen molar-refractivity contribution in [2.75, 3.05) is 13.1 Å². The van der Waals surface area contributed by atoms with Gasteiger partial charge in [-0.25, -0.2) is 8.78 Å². The SMILES string of the molecule is C=C1NCC(F)(F)CN1C1(c2ccc(C)cc2)CCCCC1.CCc1ccccc1. The monoisotopic (exact) mass is 412 g/mol. The van der Waals surface area contributed by atoms with E-state index in [1.165, 1.54) is 17.5 Å². The van der Waals surface area contributed by atoms with Gasteiger partial charge >= 0.3 is 0 Å². The van der Waals surface area contributed by atoms with Crippen LogP contribution in [0.4, 0.5) is 8.78 Å². The Morgan fingerprint density at radius 1 is 0.967 bits per heavy atom. The molecule has 1 aliphatic heterocycles. The standard InChI is InChI=1S/C18H24F2N2.C8H10/c1-14-6-8-16(9-7-14)17(10-4-3-5-11-17)22-13-18(19,20)12-21-15(22)2;1-2-8-6-4-3-5-7-8/h6-9,21H,2-5,10-13H2,1H3;3-7H,2H2,1H3. The summed E-state index contributed by atoms with van der Waals surface area (Å²) in [6.45, 7) is 7.66. The molecule has 4 heteroatoms. The molecule has 30 heavy (non-hydrogen) atoms. The van der Waals surface area contributed by atoms with E-state index in [0.29, 0.717) is 5.82 Å². The summed E-state index contributed by atoms with van der Waals surface area (Å²) in [6.07, 6.45) is 6.28. The summed E-state index contributed by atoms with van der Waals surface area (Å²) in [7, 11) is 0. The molecule has 1 aliphatic carbocycles. The van der Waals surface area contributed by atoms with Gasteiger partial charge in [-0.2, -0.15) is 0 Å². The van der Waals surface area contributed by atoms with Crippen molar-refractivity contribution < 1.29 is 8.78 Å². The summed E-state index contributed by atoms with van der Waals surface area (Å²) < 4.78 is 28.0. The fraction of sp³-hybridized carbons (Fsp3) is 0.462. The second kappa shape index (κ2) is 9.63. The van der Waals surface area contributed by atoms with Crippen molar-refractivity contribution in [3.63, 3.8) is 0 Å². The molecule has 2 aromatic rings. The van der Waals surface area contributed by atoms with E-state index >= 15 is 0 Å². The van der Waals surface area contributed by atoms with Gasteiger partial charge in [0.05, 0.1) is 24.4 Å². The van der Waals surface area contributed by atoms with Gasteiger partial charge in [-0.3, -0.25) is 0 Å². The van der Waals surface area contributed by atoms with E-state index < -0.39 is 5.92 Å². The largest absolute Gasteiger partial charge is 0.366 e. The van der Waals surface area contributed by atoms with Crippen LogP contribution in [0, 0.1) is 6.92 Å². The number of rotatable bonds is 3. The summed E-state index contributed by atoms with van der Waals surface area (Å²) in [5, 5.41) is 2.81. The van der Waals surface area contributed by atoms with Crippen LogP contribution in [0.25, 0.3) is 0 Å². The minimum atomic E-state index is -2.71. The first-order valence-corrected chi connectivity index (χ1v) is 11.1. The Balaban J connectivity index is 0.000000269. The maximum Gasteiger partial charge on any atom is 0.282 e. The Kier molecular flexibility index (Phi) is 7.17. The molecule has 0 unspecified atom stereocenters. The lowest BCUT2D eigenvalue weighted by molar-refractivity contribution is -0.0811. The Bertz CT molecular complexity index is 809. The summed E-state index contributed by atoms with van der Waals surface area (Å²) in [6, 6.07) is 18.8. The van der Waals surface area contributed by atoms with Crippen molar-refractivity contribution in [3.05, 3.63) is 83.7 Å². The van der Waals surface area contributed by atoms with Gasteiger partial charge < -0.3 is 10.2 Å². The zero-order chi connectivity index (χ0) is 21.6. The molecule has 4 rings (SSSR count). The number of nitrogens with one attached hydrogen (secondary N) is 1. The van der Waals surface area contributed by atoms with Crippen LogP contribution >= 0.6 is 0 Å². The molecule has 1 saturated heterocycles. The van der Waals surface area contributed by atoms with Gasteiger partial charge in [-0.15, -0.1) is 0 Å². The molecule has 2 aromatic carbocycles. The van der Waals surface area contributed by atoms with Crippen molar-refractivity contribution >= 4 is 0 Å². The molecule has 2 nitrogen and oxygen atoms in total. The third-order valence-electron chi connectivity index (χ3n) is 6.30. The predicted octanol–water partition coefficient (Wildman–Crippen LogP) is 6.42. The van der Waals surface area contributed by atoms with Crippen LogP contribution in [-0.4, -0.2) is 23.9 Å².